The number of imide groups is 1. The van der Waals surface area contributed by atoms with Gasteiger partial charge >= 0.3 is 6.03 Å². The maximum atomic E-state index is 12.0. The molecule has 0 spiro atoms. The third-order valence-electron chi connectivity index (χ3n) is 4.33. The number of rotatable bonds is 6. The van der Waals surface area contributed by atoms with Gasteiger partial charge in [0.05, 0.1) is 6.42 Å². The van der Waals surface area contributed by atoms with Crippen LogP contribution >= 0.6 is 0 Å². The van der Waals surface area contributed by atoms with E-state index in [1.165, 1.54) is 19.0 Å². The van der Waals surface area contributed by atoms with Crippen LogP contribution in [0.2, 0.25) is 0 Å². The number of nitrogens with one attached hydrogen (secondary N) is 1. The lowest BCUT2D eigenvalue weighted by Gasteiger charge is -2.15. The van der Waals surface area contributed by atoms with Crippen LogP contribution in [0.5, 0.6) is 0 Å². The van der Waals surface area contributed by atoms with E-state index in [0.717, 1.165) is 16.4 Å². The third kappa shape index (κ3) is 3.30. The lowest BCUT2D eigenvalue weighted by atomic mass is 10.2. The number of carbonyl (C=O) groups is 3. The van der Waals surface area contributed by atoms with Crippen LogP contribution in [0.15, 0.2) is 24.4 Å². The molecule has 1 atom stereocenters. The van der Waals surface area contributed by atoms with Crippen molar-refractivity contribution in [1.29, 1.82) is 0 Å². The van der Waals surface area contributed by atoms with Crippen LogP contribution in [0.1, 0.15) is 18.7 Å². The van der Waals surface area contributed by atoms with E-state index < -0.39 is 6.04 Å². The van der Waals surface area contributed by atoms with Crippen molar-refractivity contribution in [2.75, 3.05) is 20.6 Å². The fraction of sp³-hybridized carbons (Fsp3) is 0.438. The Bertz CT molecular complexity index is 817. The number of pyridine rings is 1. The quantitative estimate of drug-likeness (QED) is 0.590. The number of aromatic nitrogens is 3. The fourth-order valence-electron chi connectivity index (χ4n) is 2.86. The van der Waals surface area contributed by atoms with E-state index in [-0.39, 0.29) is 24.3 Å². The number of aryl methyl sites for hydroxylation is 1. The number of nitrogens with zero attached hydrogens (tertiary/aromatic N) is 5. The second-order valence-electron chi connectivity index (χ2n) is 6.01. The second-order valence-corrected chi connectivity index (χ2v) is 6.01. The maximum Gasteiger partial charge on any atom is 0.326 e. The van der Waals surface area contributed by atoms with Crippen LogP contribution in [0.4, 0.5) is 4.79 Å². The summed E-state index contributed by atoms with van der Waals surface area (Å²) in [6.45, 7) is 0.467. The van der Waals surface area contributed by atoms with Gasteiger partial charge in [0.15, 0.2) is 5.65 Å². The molecule has 1 aliphatic rings. The zero-order chi connectivity index (χ0) is 18.0. The van der Waals surface area contributed by atoms with E-state index in [1.807, 2.05) is 28.8 Å². The largest absolute Gasteiger partial charge is 0.356 e. The Morgan fingerprint density at radius 1 is 1.24 bits per heavy atom. The molecule has 9 nitrogen and oxygen atoms in total. The molecule has 0 radical (unpaired) electrons. The minimum absolute atomic E-state index is 0.0285. The molecule has 1 saturated heterocycles. The SMILES string of the molecule is CN1C(=O)[C@H](CC(=O)NCCCc2nnc3ccccn23)N(C)C1=O. The molecule has 1 aliphatic heterocycles. The van der Waals surface area contributed by atoms with Crippen molar-refractivity contribution in [3.05, 3.63) is 30.2 Å². The second kappa shape index (κ2) is 6.88. The number of amides is 4. The van der Waals surface area contributed by atoms with Crippen LogP contribution in [-0.4, -0.2) is 68.9 Å². The van der Waals surface area contributed by atoms with Crippen LogP contribution < -0.4 is 5.32 Å². The lowest BCUT2D eigenvalue weighted by Crippen LogP contribution is -2.37. The molecule has 0 unspecified atom stereocenters. The summed E-state index contributed by atoms with van der Waals surface area (Å²) in [6, 6.07) is 4.58. The first kappa shape index (κ1) is 16.9. The highest BCUT2D eigenvalue weighted by atomic mass is 16.2. The molecule has 2 aromatic heterocycles. The summed E-state index contributed by atoms with van der Waals surface area (Å²) >= 11 is 0. The van der Waals surface area contributed by atoms with Gasteiger partial charge in [-0.15, -0.1) is 10.2 Å². The van der Waals surface area contributed by atoms with Gasteiger partial charge in [0.1, 0.15) is 11.9 Å². The van der Waals surface area contributed by atoms with E-state index in [0.29, 0.717) is 19.4 Å². The Labute approximate surface area is 144 Å². The van der Waals surface area contributed by atoms with Gasteiger partial charge in [0, 0.05) is 33.3 Å². The van der Waals surface area contributed by atoms with E-state index in [1.54, 1.807) is 0 Å². The Morgan fingerprint density at radius 2 is 2.04 bits per heavy atom. The molecule has 0 bridgehead atoms. The Morgan fingerprint density at radius 3 is 2.76 bits per heavy atom. The third-order valence-corrected chi connectivity index (χ3v) is 4.33. The summed E-state index contributed by atoms with van der Waals surface area (Å²) in [7, 11) is 2.94. The minimum atomic E-state index is -0.724. The molecule has 4 amide bonds. The summed E-state index contributed by atoms with van der Waals surface area (Å²) < 4.78 is 1.91. The molecule has 0 aliphatic carbocycles. The topological polar surface area (TPSA) is 99.9 Å². The predicted octanol–water partition coefficient (Wildman–Crippen LogP) is 0.0606. The fourth-order valence-corrected chi connectivity index (χ4v) is 2.86. The molecule has 0 saturated carbocycles. The van der Waals surface area contributed by atoms with Gasteiger partial charge in [-0.05, 0) is 18.6 Å². The van der Waals surface area contributed by atoms with Crippen molar-refractivity contribution in [2.24, 2.45) is 0 Å². The van der Waals surface area contributed by atoms with Gasteiger partial charge in [-0.1, -0.05) is 6.07 Å². The van der Waals surface area contributed by atoms with E-state index in [4.69, 9.17) is 0 Å². The Kier molecular flexibility index (Phi) is 4.64. The molecule has 25 heavy (non-hydrogen) atoms. The van der Waals surface area contributed by atoms with Crippen molar-refractivity contribution in [2.45, 2.75) is 25.3 Å². The van der Waals surface area contributed by atoms with Crippen LogP contribution in [0.25, 0.3) is 5.65 Å². The molecule has 9 heteroatoms. The molecule has 3 rings (SSSR count). The monoisotopic (exact) mass is 344 g/mol. The van der Waals surface area contributed by atoms with E-state index in [9.17, 15) is 14.4 Å². The first-order valence-electron chi connectivity index (χ1n) is 8.08. The average Bonchev–Trinajstić information content (AvgIpc) is 3.10. The number of hydrogen-bond acceptors (Lipinski definition) is 5. The summed E-state index contributed by atoms with van der Waals surface area (Å²) in [6.07, 6.45) is 3.25. The number of hydrogen-bond donors (Lipinski definition) is 1. The van der Waals surface area contributed by atoms with E-state index >= 15 is 0 Å². The molecule has 2 aromatic rings. The van der Waals surface area contributed by atoms with Crippen molar-refractivity contribution in [3.63, 3.8) is 0 Å². The lowest BCUT2D eigenvalue weighted by molar-refractivity contribution is -0.131. The summed E-state index contributed by atoms with van der Waals surface area (Å²) in [5, 5.41) is 11.0. The highest BCUT2D eigenvalue weighted by Gasteiger charge is 2.41. The number of fused-ring (bicyclic) bond motifs is 1. The van der Waals surface area contributed by atoms with Crippen molar-refractivity contribution < 1.29 is 14.4 Å². The zero-order valence-electron chi connectivity index (χ0n) is 14.2. The Balaban J connectivity index is 1.45. The maximum absolute atomic E-state index is 12.0. The molecule has 0 aromatic carbocycles. The molecular weight excluding hydrogens is 324 g/mol. The predicted molar refractivity (Wildman–Crippen MR) is 88.7 cm³/mol. The van der Waals surface area contributed by atoms with E-state index in [2.05, 4.69) is 15.5 Å². The van der Waals surface area contributed by atoms with Gasteiger partial charge in [0.2, 0.25) is 5.91 Å². The van der Waals surface area contributed by atoms with Crippen molar-refractivity contribution in [3.8, 4) is 0 Å². The molecule has 132 valence electrons. The van der Waals surface area contributed by atoms with Gasteiger partial charge < -0.3 is 10.2 Å². The Hall–Kier alpha value is -2.97. The molecule has 1 fully saturated rings. The van der Waals surface area contributed by atoms with Crippen LogP contribution in [0.3, 0.4) is 0 Å². The summed E-state index contributed by atoms with van der Waals surface area (Å²) in [4.78, 5) is 38.0. The highest BCUT2D eigenvalue weighted by Crippen LogP contribution is 2.16. The van der Waals surface area contributed by atoms with Gasteiger partial charge in [-0.25, -0.2) is 4.79 Å². The van der Waals surface area contributed by atoms with Crippen molar-refractivity contribution in [1.82, 2.24) is 29.7 Å². The zero-order valence-corrected chi connectivity index (χ0v) is 14.2. The first-order chi connectivity index (χ1) is 12.0. The molecule has 3 heterocycles. The van der Waals surface area contributed by atoms with Crippen molar-refractivity contribution >= 4 is 23.5 Å². The minimum Gasteiger partial charge on any atom is -0.356 e. The number of likely N-dealkylation sites (N-methyl/N-ethyl adjacent to an activating group) is 2. The number of urea groups is 1. The average molecular weight is 344 g/mol. The first-order valence-corrected chi connectivity index (χ1v) is 8.08. The standard InChI is InChI=1S/C16H20N6O3/c1-20-11(15(24)21(2)16(20)25)10-14(23)17-8-5-7-13-19-18-12-6-3-4-9-22(12)13/h3-4,6,9,11H,5,7-8,10H2,1-2H3,(H,17,23)/t11-/m0/s1. The summed E-state index contributed by atoms with van der Waals surface area (Å²) in [5.41, 5.74) is 0.790. The smallest absolute Gasteiger partial charge is 0.326 e. The number of carbonyl (C=O) groups excluding carboxylic acids is 3. The normalized spacial score (nSPS) is 17.6. The van der Waals surface area contributed by atoms with Gasteiger partial charge in [0.25, 0.3) is 5.91 Å². The highest BCUT2D eigenvalue weighted by molar-refractivity contribution is 6.05. The molecular formula is C16H20N6O3. The summed E-state index contributed by atoms with van der Waals surface area (Å²) in [5.74, 6) is 0.236. The van der Waals surface area contributed by atoms with Crippen LogP contribution in [0, 0.1) is 0 Å². The van der Waals surface area contributed by atoms with Gasteiger partial charge in [-0.2, -0.15) is 0 Å². The molecule has 1 N–H and O–H groups in total. The van der Waals surface area contributed by atoms with Gasteiger partial charge in [-0.3, -0.25) is 18.9 Å². The van der Waals surface area contributed by atoms with Crippen LogP contribution in [-0.2, 0) is 16.0 Å².